The van der Waals surface area contributed by atoms with Crippen molar-refractivity contribution in [2.24, 2.45) is 0 Å². The highest BCUT2D eigenvalue weighted by Gasteiger charge is 2.40. The Morgan fingerprint density at radius 2 is 1.78 bits per heavy atom. The van der Waals surface area contributed by atoms with Crippen LogP contribution in [0.5, 0.6) is 28.7 Å². The van der Waals surface area contributed by atoms with E-state index in [4.69, 9.17) is 23.7 Å². The summed E-state index contributed by atoms with van der Waals surface area (Å²) in [5.74, 6) is 1.84. The SMILES string of the molecule is COc1cccc(/C=C2\Oc3c(ccc4c3C(C3=Cc5ccccc5OC3)CC(=O)O4)C2=O)c1OC. The molecule has 3 aliphatic rings. The number of Topliss-reactive ketones (excluding diaryl/α,β-unsaturated/α-hetero) is 1. The van der Waals surface area contributed by atoms with Gasteiger partial charge in [-0.05, 0) is 42.0 Å². The van der Waals surface area contributed by atoms with E-state index in [1.807, 2.05) is 42.5 Å². The Labute approximate surface area is 207 Å². The second-order valence-electron chi connectivity index (χ2n) is 8.65. The van der Waals surface area contributed by atoms with Gasteiger partial charge < -0.3 is 23.7 Å². The maximum atomic E-state index is 13.3. The van der Waals surface area contributed by atoms with Gasteiger partial charge in [0.1, 0.15) is 23.9 Å². The average Bonchev–Trinajstić information content (AvgIpc) is 3.22. The average molecular weight is 482 g/mol. The number of rotatable bonds is 4. The van der Waals surface area contributed by atoms with Crippen molar-refractivity contribution in [1.29, 1.82) is 0 Å². The van der Waals surface area contributed by atoms with Crippen molar-refractivity contribution in [3.63, 3.8) is 0 Å². The van der Waals surface area contributed by atoms with Crippen molar-refractivity contribution in [1.82, 2.24) is 0 Å². The third-order valence-corrected chi connectivity index (χ3v) is 6.60. The monoisotopic (exact) mass is 482 g/mol. The molecular weight excluding hydrogens is 460 g/mol. The van der Waals surface area contributed by atoms with Gasteiger partial charge >= 0.3 is 5.97 Å². The lowest BCUT2D eigenvalue weighted by atomic mass is 9.83. The van der Waals surface area contributed by atoms with Gasteiger partial charge in [-0.1, -0.05) is 30.3 Å². The molecule has 0 spiro atoms. The number of methoxy groups -OCH3 is 2. The van der Waals surface area contributed by atoms with E-state index >= 15 is 0 Å². The molecule has 0 amide bonds. The van der Waals surface area contributed by atoms with Crippen LogP contribution in [0.4, 0.5) is 0 Å². The minimum Gasteiger partial charge on any atom is -0.493 e. The Bertz CT molecular complexity index is 1480. The number of carbonyl (C=O) groups excluding carboxylic acids is 2. The van der Waals surface area contributed by atoms with Crippen LogP contribution in [0.1, 0.15) is 39.4 Å². The van der Waals surface area contributed by atoms with Crippen molar-refractivity contribution >= 4 is 23.9 Å². The Morgan fingerprint density at radius 3 is 2.61 bits per heavy atom. The maximum Gasteiger partial charge on any atom is 0.312 e. The highest BCUT2D eigenvalue weighted by Crippen LogP contribution is 2.50. The number of hydrogen-bond donors (Lipinski definition) is 0. The van der Waals surface area contributed by atoms with Gasteiger partial charge in [-0.25, -0.2) is 0 Å². The first-order valence-electron chi connectivity index (χ1n) is 11.5. The minimum absolute atomic E-state index is 0.126. The molecule has 36 heavy (non-hydrogen) atoms. The summed E-state index contributed by atoms with van der Waals surface area (Å²) in [6, 6.07) is 16.4. The summed E-state index contributed by atoms with van der Waals surface area (Å²) in [7, 11) is 3.09. The molecule has 7 heteroatoms. The third kappa shape index (κ3) is 3.51. The van der Waals surface area contributed by atoms with Crippen molar-refractivity contribution in [3.8, 4) is 28.7 Å². The highest BCUT2D eigenvalue weighted by atomic mass is 16.5. The quantitative estimate of drug-likeness (QED) is 0.288. The van der Waals surface area contributed by atoms with Gasteiger partial charge in [0.25, 0.3) is 0 Å². The summed E-state index contributed by atoms with van der Waals surface area (Å²) in [6.07, 6.45) is 3.81. The number of esters is 1. The smallest absolute Gasteiger partial charge is 0.312 e. The summed E-state index contributed by atoms with van der Waals surface area (Å²) < 4.78 is 28.6. The van der Waals surface area contributed by atoms with E-state index in [-0.39, 0.29) is 29.9 Å². The summed E-state index contributed by atoms with van der Waals surface area (Å²) in [6.45, 7) is 0.329. The summed E-state index contributed by atoms with van der Waals surface area (Å²) in [5.41, 5.74) is 3.60. The van der Waals surface area contributed by atoms with Gasteiger partial charge in [0, 0.05) is 22.6 Å². The lowest BCUT2D eigenvalue weighted by Gasteiger charge is -2.30. The second-order valence-corrected chi connectivity index (χ2v) is 8.65. The molecule has 0 aromatic heterocycles. The number of ether oxygens (including phenoxy) is 5. The van der Waals surface area contributed by atoms with Crippen molar-refractivity contribution in [2.45, 2.75) is 12.3 Å². The molecule has 0 aliphatic carbocycles. The molecule has 0 saturated carbocycles. The van der Waals surface area contributed by atoms with Gasteiger partial charge in [0.2, 0.25) is 5.78 Å². The predicted octanol–water partition coefficient (Wildman–Crippen LogP) is 5.19. The van der Waals surface area contributed by atoms with E-state index in [1.165, 1.54) is 0 Å². The fourth-order valence-corrected chi connectivity index (χ4v) is 4.92. The Morgan fingerprint density at radius 1 is 0.917 bits per heavy atom. The van der Waals surface area contributed by atoms with Gasteiger partial charge in [-0.2, -0.15) is 0 Å². The number of allylic oxidation sites excluding steroid dienone is 1. The van der Waals surface area contributed by atoms with E-state index in [0.29, 0.717) is 46.3 Å². The molecule has 3 aromatic rings. The number of para-hydroxylation sites is 2. The molecule has 1 unspecified atom stereocenters. The Balaban J connectivity index is 1.44. The van der Waals surface area contributed by atoms with Crippen molar-refractivity contribution in [2.75, 3.05) is 20.8 Å². The van der Waals surface area contributed by atoms with E-state index < -0.39 is 0 Å². The highest BCUT2D eigenvalue weighted by molar-refractivity contribution is 6.15. The van der Waals surface area contributed by atoms with Gasteiger partial charge in [0.15, 0.2) is 17.3 Å². The molecule has 0 saturated heterocycles. The molecule has 1 atom stereocenters. The molecular formula is C29H22O7. The summed E-state index contributed by atoms with van der Waals surface area (Å²) in [5, 5.41) is 0. The van der Waals surface area contributed by atoms with Crippen LogP contribution in [0.15, 0.2) is 65.9 Å². The molecule has 3 aromatic carbocycles. The molecule has 0 N–H and O–H groups in total. The maximum absolute atomic E-state index is 13.3. The van der Waals surface area contributed by atoms with Crippen LogP contribution in [0.3, 0.4) is 0 Å². The molecule has 6 rings (SSSR count). The fraction of sp³-hybridized carbons (Fsp3) is 0.172. The normalized spacial score (nSPS) is 18.8. The predicted molar refractivity (Wildman–Crippen MR) is 132 cm³/mol. The molecule has 0 radical (unpaired) electrons. The molecule has 0 fully saturated rings. The Hall–Kier alpha value is -4.52. The molecule has 7 nitrogen and oxygen atoms in total. The van der Waals surface area contributed by atoms with Crippen molar-refractivity contribution in [3.05, 3.63) is 88.2 Å². The standard InChI is InChI=1S/C29H22O7/c1-32-23-9-5-7-17(28(23)33-2)13-24-27(31)19-10-11-22-26(29(19)36-24)20(14-25(30)35-22)18-12-16-6-3-4-8-21(16)34-15-18/h3-13,20H,14-15H2,1-2H3/b24-13-. The minimum atomic E-state index is -0.344. The summed E-state index contributed by atoms with van der Waals surface area (Å²) >= 11 is 0. The van der Waals surface area contributed by atoms with Gasteiger partial charge in [-0.15, -0.1) is 0 Å². The van der Waals surface area contributed by atoms with E-state index in [9.17, 15) is 9.59 Å². The zero-order valence-corrected chi connectivity index (χ0v) is 19.7. The number of hydrogen-bond acceptors (Lipinski definition) is 7. The first-order chi connectivity index (χ1) is 17.6. The van der Waals surface area contributed by atoms with Crippen LogP contribution in [-0.2, 0) is 4.79 Å². The topological polar surface area (TPSA) is 80.3 Å². The molecule has 180 valence electrons. The summed E-state index contributed by atoms with van der Waals surface area (Å²) in [4.78, 5) is 25.8. The third-order valence-electron chi connectivity index (χ3n) is 6.60. The second kappa shape index (κ2) is 8.61. The van der Waals surface area contributed by atoms with Crippen LogP contribution >= 0.6 is 0 Å². The van der Waals surface area contributed by atoms with Crippen LogP contribution in [0.2, 0.25) is 0 Å². The lowest BCUT2D eigenvalue weighted by Crippen LogP contribution is -2.24. The van der Waals surface area contributed by atoms with Crippen LogP contribution in [0, 0.1) is 0 Å². The van der Waals surface area contributed by atoms with E-state index in [0.717, 1.165) is 16.9 Å². The first-order valence-corrected chi connectivity index (χ1v) is 11.5. The molecule has 0 bridgehead atoms. The molecule has 3 heterocycles. The first kappa shape index (κ1) is 22.0. The van der Waals surface area contributed by atoms with Crippen LogP contribution in [-0.4, -0.2) is 32.6 Å². The van der Waals surface area contributed by atoms with E-state index in [1.54, 1.807) is 38.5 Å². The largest absolute Gasteiger partial charge is 0.493 e. The van der Waals surface area contributed by atoms with Crippen molar-refractivity contribution < 1.29 is 33.3 Å². The van der Waals surface area contributed by atoms with Crippen LogP contribution in [0.25, 0.3) is 12.2 Å². The number of fused-ring (bicyclic) bond motifs is 4. The van der Waals surface area contributed by atoms with Gasteiger partial charge in [-0.3, -0.25) is 9.59 Å². The number of benzene rings is 3. The number of carbonyl (C=O) groups is 2. The zero-order valence-electron chi connectivity index (χ0n) is 19.7. The zero-order chi connectivity index (χ0) is 24.8. The fourth-order valence-electron chi connectivity index (χ4n) is 4.92. The number of ketones is 1. The Kier molecular flexibility index (Phi) is 5.25. The lowest BCUT2D eigenvalue weighted by molar-refractivity contribution is -0.135. The van der Waals surface area contributed by atoms with Gasteiger partial charge in [0.05, 0.1) is 26.2 Å². The molecule has 3 aliphatic heterocycles. The van der Waals surface area contributed by atoms with E-state index in [2.05, 4.69) is 0 Å². The van der Waals surface area contributed by atoms with Crippen LogP contribution < -0.4 is 23.7 Å².